The molecule has 0 bridgehead atoms. The number of benzene rings is 1. The van der Waals surface area contributed by atoms with Crippen molar-refractivity contribution in [1.29, 1.82) is 0 Å². The lowest BCUT2D eigenvalue weighted by Gasteiger charge is -2.13. The van der Waals surface area contributed by atoms with Crippen molar-refractivity contribution < 1.29 is 13.9 Å². The second kappa shape index (κ2) is 6.73. The number of anilines is 1. The van der Waals surface area contributed by atoms with Gasteiger partial charge in [-0.3, -0.25) is 0 Å². The SMILES string of the molecule is CCOc1ccc(OCC)c(NCc2ccoc2)c1. The molecule has 0 aliphatic heterocycles. The van der Waals surface area contributed by atoms with Crippen LogP contribution in [0.2, 0.25) is 0 Å². The molecule has 2 aromatic rings. The Morgan fingerprint density at radius 1 is 1.11 bits per heavy atom. The Morgan fingerprint density at radius 2 is 1.95 bits per heavy atom. The summed E-state index contributed by atoms with van der Waals surface area (Å²) in [5.74, 6) is 1.66. The molecule has 4 nitrogen and oxygen atoms in total. The topological polar surface area (TPSA) is 43.6 Å². The normalized spacial score (nSPS) is 10.2. The highest BCUT2D eigenvalue weighted by atomic mass is 16.5. The Kier molecular flexibility index (Phi) is 4.72. The van der Waals surface area contributed by atoms with E-state index in [4.69, 9.17) is 13.9 Å². The first-order valence-corrected chi connectivity index (χ1v) is 6.48. The molecule has 102 valence electrons. The van der Waals surface area contributed by atoms with Crippen molar-refractivity contribution in [2.45, 2.75) is 20.4 Å². The summed E-state index contributed by atoms with van der Waals surface area (Å²) in [6, 6.07) is 7.72. The lowest BCUT2D eigenvalue weighted by atomic mass is 10.2. The Labute approximate surface area is 113 Å². The zero-order valence-electron chi connectivity index (χ0n) is 11.3. The Hall–Kier alpha value is -2.10. The van der Waals surface area contributed by atoms with Crippen LogP contribution in [-0.4, -0.2) is 13.2 Å². The fourth-order valence-corrected chi connectivity index (χ4v) is 1.78. The van der Waals surface area contributed by atoms with Crippen molar-refractivity contribution in [3.8, 4) is 11.5 Å². The van der Waals surface area contributed by atoms with Gasteiger partial charge in [0.15, 0.2) is 0 Å². The summed E-state index contributed by atoms with van der Waals surface area (Å²) in [5.41, 5.74) is 2.01. The fourth-order valence-electron chi connectivity index (χ4n) is 1.78. The molecule has 1 aromatic heterocycles. The Balaban J connectivity index is 2.11. The zero-order chi connectivity index (χ0) is 13.5. The summed E-state index contributed by atoms with van der Waals surface area (Å²) in [6.45, 7) is 5.90. The van der Waals surface area contributed by atoms with E-state index >= 15 is 0 Å². The van der Waals surface area contributed by atoms with E-state index in [1.807, 2.05) is 38.1 Å². The summed E-state index contributed by atoms with van der Waals surface area (Å²) < 4.78 is 16.1. The monoisotopic (exact) mass is 261 g/mol. The summed E-state index contributed by atoms with van der Waals surface area (Å²) in [6.07, 6.45) is 3.39. The predicted octanol–water partition coefficient (Wildman–Crippen LogP) is 3.69. The van der Waals surface area contributed by atoms with Crippen LogP contribution < -0.4 is 14.8 Å². The molecule has 0 amide bonds. The van der Waals surface area contributed by atoms with Crippen molar-refractivity contribution in [2.24, 2.45) is 0 Å². The van der Waals surface area contributed by atoms with Crippen LogP contribution in [0.25, 0.3) is 0 Å². The summed E-state index contributed by atoms with van der Waals surface area (Å²) in [5, 5.41) is 3.33. The smallest absolute Gasteiger partial charge is 0.142 e. The third kappa shape index (κ3) is 3.68. The molecule has 1 heterocycles. The highest BCUT2D eigenvalue weighted by Crippen LogP contribution is 2.29. The number of rotatable bonds is 7. The molecule has 0 saturated carbocycles. The molecule has 0 saturated heterocycles. The van der Waals surface area contributed by atoms with Gasteiger partial charge in [0.2, 0.25) is 0 Å². The minimum atomic E-state index is 0.633. The number of hydrogen-bond acceptors (Lipinski definition) is 4. The largest absolute Gasteiger partial charge is 0.494 e. The molecule has 4 heteroatoms. The first-order chi connectivity index (χ1) is 9.33. The third-order valence-corrected chi connectivity index (χ3v) is 2.62. The molecule has 1 N–H and O–H groups in total. The number of nitrogens with one attached hydrogen (secondary N) is 1. The molecule has 0 atom stereocenters. The van der Waals surface area contributed by atoms with Crippen LogP contribution >= 0.6 is 0 Å². The van der Waals surface area contributed by atoms with Crippen LogP contribution in [0.5, 0.6) is 11.5 Å². The minimum absolute atomic E-state index is 0.633. The molecular formula is C15H19NO3. The zero-order valence-corrected chi connectivity index (χ0v) is 11.3. The van der Waals surface area contributed by atoms with Gasteiger partial charge in [-0.05, 0) is 32.0 Å². The maximum atomic E-state index is 5.60. The fraction of sp³-hybridized carbons (Fsp3) is 0.333. The molecule has 2 rings (SSSR count). The molecule has 1 aromatic carbocycles. The van der Waals surface area contributed by atoms with Crippen molar-refractivity contribution in [1.82, 2.24) is 0 Å². The number of hydrogen-bond donors (Lipinski definition) is 1. The van der Waals surface area contributed by atoms with Crippen molar-refractivity contribution >= 4 is 5.69 Å². The van der Waals surface area contributed by atoms with E-state index in [-0.39, 0.29) is 0 Å². The summed E-state index contributed by atoms with van der Waals surface area (Å²) in [4.78, 5) is 0. The van der Waals surface area contributed by atoms with Gasteiger partial charge >= 0.3 is 0 Å². The number of ether oxygens (including phenoxy) is 2. The van der Waals surface area contributed by atoms with Crippen LogP contribution in [0.15, 0.2) is 41.2 Å². The van der Waals surface area contributed by atoms with E-state index in [1.54, 1.807) is 12.5 Å². The van der Waals surface area contributed by atoms with Gasteiger partial charge in [0.05, 0.1) is 31.4 Å². The summed E-state index contributed by atoms with van der Waals surface area (Å²) in [7, 11) is 0. The van der Waals surface area contributed by atoms with E-state index < -0.39 is 0 Å². The maximum Gasteiger partial charge on any atom is 0.142 e. The van der Waals surface area contributed by atoms with Gasteiger partial charge in [-0.2, -0.15) is 0 Å². The van der Waals surface area contributed by atoms with E-state index in [0.29, 0.717) is 19.8 Å². The predicted molar refractivity (Wildman–Crippen MR) is 74.8 cm³/mol. The van der Waals surface area contributed by atoms with Gasteiger partial charge in [0, 0.05) is 18.2 Å². The van der Waals surface area contributed by atoms with Gasteiger partial charge in [0.1, 0.15) is 11.5 Å². The Morgan fingerprint density at radius 3 is 2.63 bits per heavy atom. The third-order valence-electron chi connectivity index (χ3n) is 2.62. The first-order valence-electron chi connectivity index (χ1n) is 6.48. The van der Waals surface area contributed by atoms with Gasteiger partial charge in [-0.15, -0.1) is 0 Å². The second-order valence-corrected chi connectivity index (χ2v) is 4.01. The van der Waals surface area contributed by atoms with E-state index in [2.05, 4.69) is 5.32 Å². The van der Waals surface area contributed by atoms with Gasteiger partial charge in [-0.25, -0.2) is 0 Å². The maximum absolute atomic E-state index is 5.60. The van der Waals surface area contributed by atoms with Crippen molar-refractivity contribution in [2.75, 3.05) is 18.5 Å². The van der Waals surface area contributed by atoms with E-state index in [9.17, 15) is 0 Å². The molecule has 0 unspecified atom stereocenters. The highest BCUT2D eigenvalue weighted by Gasteiger charge is 2.06. The van der Waals surface area contributed by atoms with E-state index in [1.165, 1.54) is 0 Å². The van der Waals surface area contributed by atoms with Crippen molar-refractivity contribution in [3.63, 3.8) is 0 Å². The molecule has 0 aliphatic rings. The second-order valence-electron chi connectivity index (χ2n) is 4.01. The molecular weight excluding hydrogens is 242 g/mol. The quantitative estimate of drug-likeness (QED) is 0.825. The molecule has 0 fully saturated rings. The van der Waals surface area contributed by atoms with Crippen LogP contribution in [-0.2, 0) is 6.54 Å². The van der Waals surface area contributed by atoms with Gasteiger partial charge in [-0.1, -0.05) is 0 Å². The number of furan rings is 1. The average molecular weight is 261 g/mol. The molecule has 0 aliphatic carbocycles. The minimum Gasteiger partial charge on any atom is -0.494 e. The van der Waals surface area contributed by atoms with Crippen LogP contribution in [0.3, 0.4) is 0 Å². The van der Waals surface area contributed by atoms with Gasteiger partial charge < -0.3 is 19.2 Å². The van der Waals surface area contributed by atoms with Gasteiger partial charge in [0.25, 0.3) is 0 Å². The van der Waals surface area contributed by atoms with Crippen LogP contribution in [0, 0.1) is 0 Å². The average Bonchev–Trinajstić information content (AvgIpc) is 2.92. The standard InChI is InChI=1S/C15H19NO3/c1-3-18-13-5-6-15(19-4-2)14(9-13)16-10-12-7-8-17-11-12/h5-9,11,16H,3-4,10H2,1-2H3. The van der Waals surface area contributed by atoms with E-state index in [0.717, 1.165) is 22.7 Å². The molecule has 19 heavy (non-hydrogen) atoms. The summed E-state index contributed by atoms with van der Waals surface area (Å²) >= 11 is 0. The van der Waals surface area contributed by atoms with Crippen molar-refractivity contribution in [3.05, 3.63) is 42.4 Å². The van der Waals surface area contributed by atoms with Crippen LogP contribution in [0.4, 0.5) is 5.69 Å². The lowest BCUT2D eigenvalue weighted by Crippen LogP contribution is -2.03. The molecule has 0 radical (unpaired) electrons. The lowest BCUT2D eigenvalue weighted by molar-refractivity contribution is 0.332. The Bertz CT molecular complexity index is 494. The highest BCUT2D eigenvalue weighted by molar-refractivity contribution is 5.59. The molecule has 0 spiro atoms. The first kappa shape index (κ1) is 13.3. The van der Waals surface area contributed by atoms with Crippen LogP contribution in [0.1, 0.15) is 19.4 Å².